The first-order valence-corrected chi connectivity index (χ1v) is 18.2. The van der Waals surface area contributed by atoms with Crippen LogP contribution in [0, 0.1) is 0 Å². The molecule has 6 rings (SSSR count). The third kappa shape index (κ3) is 7.89. The second-order valence-electron chi connectivity index (χ2n) is 11.8. The van der Waals surface area contributed by atoms with Gasteiger partial charge in [0.05, 0.1) is 23.6 Å². The van der Waals surface area contributed by atoms with Crippen molar-refractivity contribution >= 4 is 38.9 Å². The fourth-order valence-electron chi connectivity index (χ4n) is 5.84. The van der Waals surface area contributed by atoms with E-state index in [4.69, 9.17) is 21.1 Å². The molecule has 0 saturated heterocycles. The molecule has 0 unspecified atom stereocenters. The topological polar surface area (TPSA) is 128 Å². The lowest BCUT2D eigenvalue weighted by molar-refractivity contribution is 0.0711. The Morgan fingerprint density at radius 3 is 2.35 bits per heavy atom. The molecule has 2 bridgehead atoms. The van der Waals surface area contributed by atoms with Gasteiger partial charge in [0.15, 0.2) is 21.3 Å². The summed E-state index contributed by atoms with van der Waals surface area (Å²) >= 11 is 6.17. The predicted molar refractivity (Wildman–Crippen MR) is 185 cm³/mol. The number of imidazole rings is 2. The van der Waals surface area contributed by atoms with Gasteiger partial charge in [-0.2, -0.15) is 0 Å². The molecule has 5 aromatic rings. The van der Waals surface area contributed by atoms with E-state index in [9.17, 15) is 18.0 Å². The summed E-state index contributed by atoms with van der Waals surface area (Å²) in [6.07, 6.45) is 9.95. The van der Waals surface area contributed by atoms with E-state index in [1.165, 1.54) is 12.1 Å². The van der Waals surface area contributed by atoms with Gasteiger partial charge in [-0.15, -0.1) is 0 Å². The Bertz CT molecular complexity index is 2080. The number of ether oxygens (including phenoxy) is 2. The van der Waals surface area contributed by atoms with E-state index in [2.05, 4.69) is 9.97 Å². The van der Waals surface area contributed by atoms with Crippen molar-refractivity contribution in [3.8, 4) is 22.9 Å². The van der Waals surface area contributed by atoms with Crippen molar-refractivity contribution in [1.29, 1.82) is 0 Å². The highest BCUT2D eigenvalue weighted by molar-refractivity contribution is 7.90. The number of amides is 2. The molecule has 3 aromatic heterocycles. The minimum absolute atomic E-state index is 0.151. The molecule has 0 radical (unpaired) electrons. The molecule has 2 aromatic carbocycles. The molecule has 256 valence electrons. The van der Waals surface area contributed by atoms with Crippen LogP contribution >= 0.6 is 11.6 Å². The number of pyridine rings is 1. The van der Waals surface area contributed by atoms with E-state index in [1.54, 1.807) is 64.2 Å². The number of nitrogens with zero attached hydrogens (tertiary/aromatic N) is 6. The van der Waals surface area contributed by atoms with Crippen LogP contribution in [0.1, 0.15) is 40.1 Å². The smallest absolute Gasteiger partial charge is 0.274 e. The van der Waals surface area contributed by atoms with Gasteiger partial charge in [-0.25, -0.2) is 18.4 Å². The van der Waals surface area contributed by atoms with Gasteiger partial charge in [-0.3, -0.25) is 9.59 Å². The predicted octanol–water partition coefficient (Wildman–Crippen LogP) is 5.11. The molecule has 0 spiro atoms. The number of methoxy groups -OCH3 is 1. The van der Waals surface area contributed by atoms with Crippen LogP contribution < -0.4 is 9.47 Å². The number of hydrogen-bond donors (Lipinski definition) is 0. The average molecular weight is 705 g/mol. The molecule has 0 fully saturated rings. The van der Waals surface area contributed by atoms with Gasteiger partial charge in [0, 0.05) is 74.9 Å². The first-order valence-electron chi connectivity index (χ1n) is 16.0. The number of halogens is 1. The molecule has 0 saturated carbocycles. The van der Waals surface area contributed by atoms with E-state index < -0.39 is 9.84 Å². The summed E-state index contributed by atoms with van der Waals surface area (Å²) in [6.45, 7) is 2.50. The van der Waals surface area contributed by atoms with Crippen molar-refractivity contribution in [3.05, 3.63) is 95.7 Å². The second kappa shape index (κ2) is 14.7. The summed E-state index contributed by atoms with van der Waals surface area (Å²) in [5, 5.41) is 0.537. The molecule has 14 heteroatoms. The molecular weight excluding hydrogens is 668 g/mol. The van der Waals surface area contributed by atoms with E-state index in [1.807, 2.05) is 29.0 Å². The molecule has 49 heavy (non-hydrogen) atoms. The molecule has 1 aliphatic heterocycles. The third-order valence-corrected chi connectivity index (χ3v) is 9.77. The van der Waals surface area contributed by atoms with Crippen molar-refractivity contribution in [2.45, 2.75) is 30.7 Å². The lowest BCUT2D eigenvalue weighted by Gasteiger charge is -2.25. The lowest BCUT2D eigenvalue weighted by atomic mass is 10.1. The Hall–Kier alpha value is -4.88. The molecule has 0 atom stereocenters. The maximum atomic E-state index is 13.9. The highest BCUT2D eigenvalue weighted by Crippen LogP contribution is 2.32. The number of fused-ring (bicyclic) bond motifs is 5. The molecule has 0 aliphatic carbocycles. The Balaban J connectivity index is 1.28. The van der Waals surface area contributed by atoms with Gasteiger partial charge in [0.2, 0.25) is 0 Å². The zero-order valence-corrected chi connectivity index (χ0v) is 28.9. The van der Waals surface area contributed by atoms with Crippen molar-refractivity contribution in [3.63, 3.8) is 0 Å². The number of aromatic nitrogens is 4. The maximum Gasteiger partial charge on any atom is 0.274 e. The summed E-state index contributed by atoms with van der Waals surface area (Å²) in [4.78, 5) is 40.4. The summed E-state index contributed by atoms with van der Waals surface area (Å²) in [6, 6.07) is 15.1. The summed E-state index contributed by atoms with van der Waals surface area (Å²) in [5.74, 6) is 1.43. The Labute approximate surface area is 289 Å². The first kappa shape index (κ1) is 34.0. The van der Waals surface area contributed by atoms with Gasteiger partial charge in [-0.1, -0.05) is 11.6 Å². The summed E-state index contributed by atoms with van der Waals surface area (Å²) < 4.78 is 39.4. The number of rotatable bonds is 4. The largest absolute Gasteiger partial charge is 0.493 e. The zero-order chi connectivity index (χ0) is 34.5. The quantitative estimate of drug-likeness (QED) is 0.253. The standard InChI is InChI=1S/C35H37ClN6O6S/c1-47-30-12-8-26-22-31(30)48-21-5-17-40(34(43)25-6-10-28(11-7-25)49(2,45)46)15-3-4-16-41(20-19-39-18-14-37-33(26)39)35(44)29-24-42-23-27(36)9-13-32(42)38-29/h6-14,18,22-24H,3-5,15-17,19-21H2,1-2H3. The van der Waals surface area contributed by atoms with Crippen LogP contribution in [-0.2, 0) is 16.4 Å². The lowest BCUT2D eigenvalue weighted by Crippen LogP contribution is -2.36. The summed E-state index contributed by atoms with van der Waals surface area (Å²) in [5.41, 5.74) is 2.15. The second-order valence-corrected chi connectivity index (χ2v) is 14.3. The fraction of sp³-hybridized carbons (Fsp3) is 0.314. The summed E-state index contributed by atoms with van der Waals surface area (Å²) in [7, 11) is -1.82. The SMILES string of the molecule is COc1ccc2cc1OCCCN(C(=O)c1ccc(S(C)(=O)=O)cc1)CCCCN(C(=O)c1cn3cc(Cl)ccc3n1)CCn1ccnc1-2. The number of benzene rings is 2. The normalized spacial score (nSPS) is 14.9. The van der Waals surface area contributed by atoms with Crippen LogP contribution in [0.15, 0.2) is 84.3 Å². The number of sulfone groups is 1. The van der Waals surface area contributed by atoms with Gasteiger partial charge in [-0.05, 0) is 73.9 Å². The van der Waals surface area contributed by atoms with E-state index >= 15 is 0 Å². The zero-order valence-electron chi connectivity index (χ0n) is 27.3. The van der Waals surface area contributed by atoms with Crippen LogP contribution in [0.5, 0.6) is 11.5 Å². The van der Waals surface area contributed by atoms with Gasteiger partial charge < -0.3 is 28.2 Å². The highest BCUT2D eigenvalue weighted by Gasteiger charge is 2.22. The highest BCUT2D eigenvalue weighted by atomic mass is 35.5. The van der Waals surface area contributed by atoms with Crippen LogP contribution in [0.3, 0.4) is 0 Å². The molecule has 1 aliphatic rings. The van der Waals surface area contributed by atoms with Crippen LogP contribution in [0.2, 0.25) is 5.02 Å². The average Bonchev–Trinajstić information content (AvgIpc) is 3.74. The monoisotopic (exact) mass is 704 g/mol. The minimum atomic E-state index is -3.40. The molecule has 4 heterocycles. The Morgan fingerprint density at radius 1 is 0.878 bits per heavy atom. The van der Waals surface area contributed by atoms with Gasteiger partial charge >= 0.3 is 0 Å². The number of carbonyl (C=O) groups excluding carboxylic acids is 2. The van der Waals surface area contributed by atoms with Crippen LogP contribution in [0.4, 0.5) is 0 Å². The fourth-order valence-corrected chi connectivity index (χ4v) is 6.64. The number of hydrogen-bond acceptors (Lipinski definition) is 8. The first-order chi connectivity index (χ1) is 23.6. The molecule has 0 N–H and O–H groups in total. The van der Waals surface area contributed by atoms with E-state index in [-0.39, 0.29) is 16.7 Å². The molecular formula is C35H37ClN6O6S. The minimum Gasteiger partial charge on any atom is -0.493 e. The maximum absolute atomic E-state index is 13.9. The molecule has 12 nitrogen and oxygen atoms in total. The van der Waals surface area contributed by atoms with Crippen molar-refractivity contribution < 1.29 is 27.5 Å². The van der Waals surface area contributed by atoms with E-state index in [0.29, 0.717) is 92.0 Å². The van der Waals surface area contributed by atoms with E-state index in [0.717, 1.165) is 17.6 Å². The van der Waals surface area contributed by atoms with Crippen LogP contribution in [-0.4, -0.2) is 95.1 Å². The Morgan fingerprint density at radius 2 is 1.61 bits per heavy atom. The molecule has 2 amide bonds. The van der Waals surface area contributed by atoms with Gasteiger partial charge in [0.1, 0.15) is 17.2 Å². The van der Waals surface area contributed by atoms with Crippen molar-refractivity contribution in [2.24, 2.45) is 0 Å². The van der Waals surface area contributed by atoms with Crippen molar-refractivity contribution in [2.75, 3.05) is 46.2 Å². The van der Waals surface area contributed by atoms with Crippen LogP contribution in [0.25, 0.3) is 17.0 Å². The third-order valence-electron chi connectivity index (χ3n) is 8.42. The number of carbonyl (C=O) groups is 2. The van der Waals surface area contributed by atoms with Crippen molar-refractivity contribution in [1.82, 2.24) is 28.7 Å². The van der Waals surface area contributed by atoms with Gasteiger partial charge in [0.25, 0.3) is 11.8 Å². The Kier molecular flexibility index (Phi) is 10.2.